The second-order valence-corrected chi connectivity index (χ2v) is 10.7. The van der Waals surface area contributed by atoms with Gasteiger partial charge in [-0.3, -0.25) is 9.59 Å². The van der Waals surface area contributed by atoms with Gasteiger partial charge in [-0.25, -0.2) is 4.39 Å². The van der Waals surface area contributed by atoms with Gasteiger partial charge in [0, 0.05) is 38.3 Å². The molecule has 2 amide bonds. The Morgan fingerprint density at radius 2 is 1.67 bits per heavy atom. The molecule has 2 saturated heterocycles. The summed E-state index contributed by atoms with van der Waals surface area (Å²) in [6.07, 6.45) is 0.764. The minimum atomic E-state index is -0.578. The van der Waals surface area contributed by atoms with E-state index >= 15 is 0 Å². The van der Waals surface area contributed by atoms with Crippen LogP contribution in [-0.4, -0.2) is 60.9 Å². The van der Waals surface area contributed by atoms with Crippen LogP contribution in [0.2, 0.25) is 5.02 Å². The number of nitrogens with zero attached hydrogens (tertiary/aromatic N) is 2. The first-order valence-electron chi connectivity index (χ1n) is 13.5. The molecule has 1 N–H and O–H groups in total. The Morgan fingerprint density at radius 3 is 2.31 bits per heavy atom. The van der Waals surface area contributed by atoms with Crippen LogP contribution in [-0.2, 0) is 0 Å². The highest BCUT2D eigenvalue weighted by Crippen LogP contribution is 2.34. The van der Waals surface area contributed by atoms with Gasteiger partial charge >= 0.3 is 0 Å². The molecule has 6 nitrogen and oxygen atoms in total. The van der Waals surface area contributed by atoms with E-state index in [0.29, 0.717) is 37.1 Å². The average Bonchev–Trinajstić information content (AvgIpc) is 3.51. The number of benzene rings is 3. The molecule has 0 aliphatic carbocycles. The molecule has 8 heteroatoms. The third-order valence-electron chi connectivity index (χ3n) is 7.69. The Hall–Kier alpha value is -3.42. The van der Waals surface area contributed by atoms with Gasteiger partial charge in [0.15, 0.2) is 0 Å². The van der Waals surface area contributed by atoms with Crippen molar-refractivity contribution in [1.82, 2.24) is 15.1 Å². The minimum absolute atomic E-state index is 0.0371. The van der Waals surface area contributed by atoms with Crippen molar-refractivity contribution in [3.05, 3.63) is 100 Å². The summed E-state index contributed by atoms with van der Waals surface area (Å²) < 4.78 is 19.8. The number of nitrogens with one attached hydrogen (secondary N) is 1. The molecular formula is C31H33ClFN3O3. The van der Waals surface area contributed by atoms with Crippen LogP contribution in [0.25, 0.3) is 0 Å². The molecule has 0 bridgehead atoms. The maximum absolute atomic E-state index is 14.3. The molecule has 0 spiro atoms. The molecule has 2 unspecified atom stereocenters. The fourth-order valence-corrected chi connectivity index (χ4v) is 5.97. The molecule has 2 aliphatic rings. The summed E-state index contributed by atoms with van der Waals surface area (Å²) in [5, 5.41) is 3.37. The summed E-state index contributed by atoms with van der Waals surface area (Å²) in [6, 6.07) is 21.4. The lowest BCUT2D eigenvalue weighted by Gasteiger charge is -2.25. The first-order valence-corrected chi connectivity index (χ1v) is 13.8. The summed E-state index contributed by atoms with van der Waals surface area (Å²) in [6.45, 7) is 6.26. The number of carbonyl (C=O) groups excluding carboxylic acids is 2. The highest BCUT2D eigenvalue weighted by atomic mass is 35.5. The molecule has 3 aromatic rings. The molecule has 5 rings (SSSR count). The molecule has 2 aliphatic heterocycles. The van der Waals surface area contributed by atoms with Gasteiger partial charge in [-0.15, -0.1) is 0 Å². The summed E-state index contributed by atoms with van der Waals surface area (Å²) in [5.41, 5.74) is 1.62. The van der Waals surface area contributed by atoms with E-state index < -0.39 is 5.82 Å². The molecule has 39 heavy (non-hydrogen) atoms. The van der Waals surface area contributed by atoms with Gasteiger partial charge in [-0.05, 0) is 67.1 Å². The third kappa shape index (κ3) is 6.26. The number of carbonyl (C=O) groups is 2. The Kier molecular flexibility index (Phi) is 8.48. The maximum Gasteiger partial charge on any atom is 0.258 e. The number of halogens is 2. The predicted molar refractivity (Wildman–Crippen MR) is 150 cm³/mol. The molecule has 204 valence electrons. The van der Waals surface area contributed by atoms with Crippen LogP contribution in [0.1, 0.15) is 45.7 Å². The standard InChI is InChI=1S/C31H33ClFN3O3/c1-2-39-25-13-11-22(12-14-25)30(37)34-28(21-7-4-3-5-8-21)15-16-35-17-23-19-36(20-24(23)18-35)31(38)29-26(32)9-6-10-27(29)33/h3-14,23-24,28H,2,15-20H2,1H3,(H,34,37)/t23-,24?,28?/m0/s1. The number of ether oxygens (including phenoxy) is 1. The maximum atomic E-state index is 14.3. The van der Waals surface area contributed by atoms with E-state index in [9.17, 15) is 14.0 Å². The normalized spacial score (nSPS) is 19.5. The lowest BCUT2D eigenvalue weighted by Crippen LogP contribution is -2.35. The van der Waals surface area contributed by atoms with Gasteiger partial charge < -0.3 is 19.9 Å². The van der Waals surface area contributed by atoms with E-state index in [1.165, 1.54) is 12.1 Å². The van der Waals surface area contributed by atoms with Crippen molar-refractivity contribution in [2.45, 2.75) is 19.4 Å². The fourth-order valence-electron chi connectivity index (χ4n) is 5.73. The lowest BCUT2D eigenvalue weighted by molar-refractivity contribution is 0.0769. The quantitative estimate of drug-likeness (QED) is 0.386. The van der Waals surface area contributed by atoms with Crippen molar-refractivity contribution in [2.75, 3.05) is 39.3 Å². The fraction of sp³-hybridized carbons (Fsp3) is 0.355. The number of likely N-dealkylation sites (tertiary alicyclic amines) is 2. The van der Waals surface area contributed by atoms with Crippen molar-refractivity contribution in [3.8, 4) is 5.75 Å². The molecule has 0 saturated carbocycles. The highest BCUT2D eigenvalue weighted by molar-refractivity contribution is 6.33. The van der Waals surface area contributed by atoms with E-state index in [1.54, 1.807) is 23.1 Å². The van der Waals surface area contributed by atoms with Crippen LogP contribution in [0.5, 0.6) is 5.75 Å². The van der Waals surface area contributed by atoms with Crippen LogP contribution in [0.3, 0.4) is 0 Å². The van der Waals surface area contributed by atoms with Crippen molar-refractivity contribution < 1.29 is 18.7 Å². The van der Waals surface area contributed by atoms with Crippen LogP contribution in [0.4, 0.5) is 4.39 Å². The zero-order valence-corrected chi connectivity index (χ0v) is 22.7. The van der Waals surface area contributed by atoms with E-state index in [2.05, 4.69) is 10.2 Å². The van der Waals surface area contributed by atoms with Gasteiger partial charge in [0.05, 0.1) is 23.2 Å². The van der Waals surface area contributed by atoms with Crippen LogP contribution in [0.15, 0.2) is 72.8 Å². The number of rotatable bonds is 9. The molecule has 0 aromatic heterocycles. The largest absolute Gasteiger partial charge is 0.494 e. The molecule has 2 heterocycles. The van der Waals surface area contributed by atoms with Crippen molar-refractivity contribution in [2.24, 2.45) is 11.8 Å². The summed E-state index contributed by atoms with van der Waals surface area (Å²) in [4.78, 5) is 30.2. The Morgan fingerprint density at radius 1 is 0.974 bits per heavy atom. The van der Waals surface area contributed by atoms with Crippen molar-refractivity contribution in [1.29, 1.82) is 0 Å². The van der Waals surface area contributed by atoms with Gasteiger partial charge in [0.1, 0.15) is 11.6 Å². The zero-order chi connectivity index (χ0) is 27.4. The third-order valence-corrected chi connectivity index (χ3v) is 8.01. The monoisotopic (exact) mass is 549 g/mol. The Bertz CT molecular complexity index is 1270. The van der Waals surface area contributed by atoms with E-state index in [-0.39, 0.29) is 28.4 Å². The summed E-state index contributed by atoms with van der Waals surface area (Å²) in [5.74, 6) is 0.392. The smallest absolute Gasteiger partial charge is 0.258 e. The lowest BCUT2D eigenvalue weighted by atomic mass is 10.0. The molecule has 3 atom stereocenters. The minimum Gasteiger partial charge on any atom is -0.494 e. The van der Waals surface area contributed by atoms with Gasteiger partial charge in [0.25, 0.3) is 11.8 Å². The molecule has 3 aromatic carbocycles. The topological polar surface area (TPSA) is 61.9 Å². The SMILES string of the molecule is CCOc1ccc(C(=O)NC(CCN2CC3CN(C(=O)c4c(F)cccc4Cl)C[C@@H]3C2)c2ccccc2)cc1. The van der Waals surface area contributed by atoms with Crippen molar-refractivity contribution in [3.63, 3.8) is 0 Å². The second kappa shape index (κ2) is 12.2. The number of hydrogen-bond donors (Lipinski definition) is 1. The van der Waals surface area contributed by atoms with Crippen LogP contribution in [0, 0.1) is 17.7 Å². The number of amides is 2. The van der Waals surface area contributed by atoms with Gasteiger partial charge in [0.2, 0.25) is 0 Å². The van der Waals surface area contributed by atoms with E-state index in [4.69, 9.17) is 16.3 Å². The highest BCUT2D eigenvalue weighted by Gasteiger charge is 2.42. The van der Waals surface area contributed by atoms with Crippen molar-refractivity contribution >= 4 is 23.4 Å². The first-order chi connectivity index (χ1) is 18.9. The average molecular weight is 550 g/mol. The first kappa shape index (κ1) is 27.2. The second-order valence-electron chi connectivity index (χ2n) is 10.3. The summed E-state index contributed by atoms with van der Waals surface area (Å²) in [7, 11) is 0. The van der Waals surface area contributed by atoms with E-state index in [1.807, 2.05) is 49.4 Å². The van der Waals surface area contributed by atoms with E-state index in [0.717, 1.165) is 37.4 Å². The molecule has 0 radical (unpaired) electrons. The molecular weight excluding hydrogens is 517 g/mol. The van der Waals surface area contributed by atoms with Gasteiger partial charge in [-0.2, -0.15) is 0 Å². The predicted octanol–water partition coefficient (Wildman–Crippen LogP) is 5.44. The Labute approximate surface area is 233 Å². The number of hydrogen-bond acceptors (Lipinski definition) is 4. The Balaban J connectivity index is 1.18. The van der Waals surface area contributed by atoms with Crippen LogP contribution < -0.4 is 10.1 Å². The summed E-state index contributed by atoms with van der Waals surface area (Å²) >= 11 is 6.13. The van der Waals surface area contributed by atoms with Gasteiger partial charge in [-0.1, -0.05) is 48.0 Å². The zero-order valence-electron chi connectivity index (χ0n) is 22.0. The number of fused-ring (bicyclic) bond motifs is 1. The van der Waals surface area contributed by atoms with Crippen LogP contribution >= 0.6 is 11.6 Å². The molecule has 2 fully saturated rings.